The van der Waals surface area contributed by atoms with Crippen molar-refractivity contribution in [3.05, 3.63) is 36.0 Å². The molecule has 0 fully saturated rings. The number of carbonyl (C=O) groups is 2. The number of benzene rings is 1. The van der Waals surface area contributed by atoms with Crippen LogP contribution in [-0.4, -0.2) is 28.7 Å². The minimum atomic E-state index is -1.35. The number of hydrogen-bond donors (Lipinski definition) is 2. The van der Waals surface area contributed by atoms with Crippen LogP contribution >= 0.6 is 0 Å². The van der Waals surface area contributed by atoms with Crippen molar-refractivity contribution in [1.82, 2.24) is 10.3 Å². The predicted molar refractivity (Wildman–Crippen MR) is 80.2 cm³/mol. The Morgan fingerprint density at radius 3 is 2.64 bits per heavy atom. The molecule has 1 atom stereocenters. The number of alkyl carbamates (subject to hydrolysis) is 1. The first-order valence-corrected chi connectivity index (χ1v) is 7.01. The van der Waals surface area contributed by atoms with Crippen LogP contribution in [0.4, 0.5) is 4.79 Å². The Bertz CT molecular complexity index is 685. The Hall–Kier alpha value is -2.50. The van der Waals surface area contributed by atoms with Gasteiger partial charge in [-0.15, -0.1) is 0 Å². The first-order chi connectivity index (χ1) is 10.3. The lowest BCUT2D eigenvalue weighted by atomic mass is 10.1. The third-order valence-corrected chi connectivity index (χ3v) is 3.07. The topological polar surface area (TPSA) is 94.2 Å². The molecule has 1 aromatic carbocycles. The number of rotatable bonds is 4. The Morgan fingerprint density at radius 2 is 2.00 bits per heavy atom. The molecule has 0 aliphatic heterocycles. The van der Waals surface area contributed by atoms with Crippen LogP contribution in [0.25, 0.3) is 10.9 Å². The average molecular weight is 303 g/mol. The predicted octanol–water partition coefficient (Wildman–Crippen LogP) is 1.35. The van der Waals surface area contributed by atoms with Crippen molar-refractivity contribution in [2.45, 2.75) is 38.8 Å². The molecule has 2 rings (SSSR count). The molecule has 2 aromatic rings. The molecule has 6 heteroatoms. The SMILES string of the molecule is CC(C)(C)OC(=O)N[C@@H](Cc1c[nH]c2ccccc12)C(=O)[O-]. The zero-order valence-corrected chi connectivity index (χ0v) is 12.8. The molecule has 0 aliphatic carbocycles. The van der Waals surface area contributed by atoms with Crippen LogP contribution in [0.1, 0.15) is 26.3 Å². The maximum absolute atomic E-state index is 11.7. The van der Waals surface area contributed by atoms with Crippen LogP contribution < -0.4 is 10.4 Å². The monoisotopic (exact) mass is 303 g/mol. The molecule has 2 N–H and O–H groups in total. The van der Waals surface area contributed by atoms with Gasteiger partial charge in [-0.2, -0.15) is 0 Å². The highest BCUT2D eigenvalue weighted by molar-refractivity contribution is 5.85. The number of aromatic amines is 1. The van der Waals surface area contributed by atoms with Crippen LogP contribution in [0.2, 0.25) is 0 Å². The van der Waals surface area contributed by atoms with Gasteiger partial charge in [0.25, 0.3) is 0 Å². The Labute approximate surface area is 128 Å². The van der Waals surface area contributed by atoms with E-state index >= 15 is 0 Å². The molecule has 0 saturated heterocycles. The molecule has 0 radical (unpaired) electrons. The van der Waals surface area contributed by atoms with Gasteiger partial charge in [-0.25, -0.2) is 4.79 Å². The summed E-state index contributed by atoms with van der Waals surface area (Å²) in [6.45, 7) is 5.13. The van der Waals surface area contributed by atoms with Gasteiger partial charge < -0.3 is 24.9 Å². The van der Waals surface area contributed by atoms with Crippen molar-refractivity contribution < 1.29 is 19.4 Å². The van der Waals surface area contributed by atoms with E-state index in [1.54, 1.807) is 27.0 Å². The Morgan fingerprint density at radius 1 is 1.32 bits per heavy atom. The largest absolute Gasteiger partial charge is 0.548 e. The normalized spacial score (nSPS) is 12.9. The highest BCUT2D eigenvalue weighted by Crippen LogP contribution is 2.19. The molecule has 0 spiro atoms. The number of hydrogen-bond acceptors (Lipinski definition) is 4. The van der Waals surface area contributed by atoms with Crippen LogP contribution in [0.15, 0.2) is 30.5 Å². The van der Waals surface area contributed by atoms with E-state index in [1.807, 2.05) is 24.3 Å². The second kappa shape index (κ2) is 6.09. The van der Waals surface area contributed by atoms with Crippen LogP contribution in [-0.2, 0) is 16.0 Å². The lowest BCUT2D eigenvalue weighted by molar-refractivity contribution is -0.308. The van der Waals surface area contributed by atoms with Gasteiger partial charge in [0.1, 0.15) is 5.60 Å². The van der Waals surface area contributed by atoms with Gasteiger partial charge in [0.05, 0.1) is 12.0 Å². The van der Waals surface area contributed by atoms with Crippen LogP contribution in [0.5, 0.6) is 0 Å². The van der Waals surface area contributed by atoms with E-state index in [2.05, 4.69) is 10.3 Å². The number of fused-ring (bicyclic) bond motifs is 1. The van der Waals surface area contributed by atoms with Gasteiger partial charge in [-0.3, -0.25) is 0 Å². The third-order valence-electron chi connectivity index (χ3n) is 3.07. The minimum absolute atomic E-state index is 0.117. The number of carboxylic acids is 1. The summed E-state index contributed by atoms with van der Waals surface area (Å²) in [4.78, 5) is 26.1. The van der Waals surface area contributed by atoms with Crippen molar-refractivity contribution in [3.63, 3.8) is 0 Å². The quantitative estimate of drug-likeness (QED) is 0.891. The van der Waals surface area contributed by atoms with Crippen molar-refractivity contribution >= 4 is 23.0 Å². The molecular formula is C16H19N2O4-. The second-order valence-corrected chi connectivity index (χ2v) is 6.08. The number of carboxylic acid groups (broad SMARTS) is 1. The number of H-pyrrole nitrogens is 1. The molecule has 0 bridgehead atoms. The van der Waals surface area contributed by atoms with Gasteiger partial charge in [-0.1, -0.05) is 18.2 Å². The number of ether oxygens (including phenoxy) is 1. The molecule has 1 aromatic heterocycles. The minimum Gasteiger partial charge on any atom is -0.548 e. The lowest BCUT2D eigenvalue weighted by Gasteiger charge is -2.24. The van der Waals surface area contributed by atoms with E-state index in [9.17, 15) is 14.7 Å². The van der Waals surface area contributed by atoms with E-state index in [1.165, 1.54) is 0 Å². The number of amides is 1. The number of carbonyl (C=O) groups excluding carboxylic acids is 2. The molecule has 0 aliphatic rings. The molecule has 22 heavy (non-hydrogen) atoms. The fourth-order valence-electron chi connectivity index (χ4n) is 2.16. The maximum atomic E-state index is 11.7. The van der Waals surface area contributed by atoms with E-state index in [4.69, 9.17) is 4.74 Å². The van der Waals surface area contributed by atoms with Gasteiger partial charge in [0.15, 0.2) is 0 Å². The van der Waals surface area contributed by atoms with Crippen LogP contribution in [0.3, 0.4) is 0 Å². The van der Waals surface area contributed by atoms with Gasteiger partial charge in [0.2, 0.25) is 0 Å². The second-order valence-electron chi connectivity index (χ2n) is 6.08. The molecule has 0 unspecified atom stereocenters. The first kappa shape index (κ1) is 15.9. The number of aliphatic carboxylic acids is 1. The molecular weight excluding hydrogens is 284 g/mol. The molecule has 1 heterocycles. The standard InChI is InChI=1S/C16H20N2O4/c1-16(2,3)22-15(21)18-13(14(19)20)8-10-9-17-12-7-5-4-6-11(10)12/h4-7,9,13,17H,8H2,1-3H3,(H,18,21)(H,19,20)/p-1/t13-/m0/s1. The van der Waals surface area contributed by atoms with E-state index in [0.717, 1.165) is 16.5 Å². The lowest BCUT2D eigenvalue weighted by Crippen LogP contribution is -2.50. The summed E-state index contributed by atoms with van der Waals surface area (Å²) in [7, 11) is 0. The fourth-order valence-corrected chi connectivity index (χ4v) is 2.16. The summed E-state index contributed by atoms with van der Waals surface area (Å²) in [5.41, 5.74) is 1.01. The van der Waals surface area contributed by atoms with Gasteiger partial charge in [0, 0.05) is 23.5 Å². The van der Waals surface area contributed by atoms with Gasteiger partial charge >= 0.3 is 6.09 Å². The Kier molecular flexibility index (Phi) is 4.40. The summed E-state index contributed by atoms with van der Waals surface area (Å²) < 4.78 is 5.08. The van der Waals surface area contributed by atoms with Crippen molar-refractivity contribution in [1.29, 1.82) is 0 Å². The summed E-state index contributed by atoms with van der Waals surface area (Å²) in [6, 6.07) is 6.39. The van der Waals surface area contributed by atoms with E-state index < -0.39 is 23.7 Å². The molecule has 118 valence electrons. The average Bonchev–Trinajstić information content (AvgIpc) is 2.79. The summed E-state index contributed by atoms with van der Waals surface area (Å²) in [5.74, 6) is -1.35. The number of nitrogens with one attached hydrogen (secondary N) is 2. The van der Waals surface area contributed by atoms with E-state index in [-0.39, 0.29) is 6.42 Å². The first-order valence-electron chi connectivity index (χ1n) is 7.01. The summed E-state index contributed by atoms with van der Waals surface area (Å²) in [6.07, 6.45) is 1.07. The molecule has 6 nitrogen and oxygen atoms in total. The molecule has 0 saturated carbocycles. The van der Waals surface area contributed by atoms with E-state index in [0.29, 0.717) is 0 Å². The zero-order chi connectivity index (χ0) is 16.3. The van der Waals surface area contributed by atoms with Crippen LogP contribution in [0, 0.1) is 0 Å². The third kappa shape index (κ3) is 4.00. The molecule has 1 amide bonds. The van der Waals surface area contributed by atoms with Crippen molar-refractivity contribution in [3.8, 4) is 0 Å². The fraction of sp³-hybridized carbons (Fsp3) is 0.375. The highest BCUT2D eigenvalue weighted by Gasteiger charge is 2.21. The van der Waals surface area contributed by atoms with Gasteiger partial charge in [-0.05, 0) is 32.4 Å². The van der Waals surface area contributed by atoms with Crippen molar-refractivity contribution in [2.75, 3.05) is 0 Å². The number of aromatic nitrogens is 1. The summed E-state index contributed by atoms with van der Waals surface area (Å²) in [5, 5.41) is 14.5. The Balaban J connectivity index is 2.12. The summed E-state index contributed by atoms with van der Waals surface area (Å²) >= 11 is 0. The maximum Gasteiger partial charge on any atom is 0.408 e. The smallest absolute Gasteiger partial charge is 0.408 e. The van der Waals surface area contributed by atoms with Crippen molar-refractivity contribution in [2.24, 2.45) is 0 Å². The zero-order valence-electron chi connectivity index (χ0n) is 12.8. The highest BCUT2D eigenvalue weighted by atomic mass is 16.6. The number of para-hydroxylation sites is 1.